The van der Waals surface area contributed by atoms with Crippen LogP contribution in [-0.2, 0) is 14.8 Å². The molecule has 0 bridgehead atoms. The minimum absolute atomic E-state index is 0.0695. The van der Waals surface area contributed by atoms with Gasteiger partial charge in [0.25, 0.3) is 0 Å². The van der Waals surface area contributed by atoms with Gasteiger partial charge in [-0.3, -0.25) is 0 Å². The molecule has 5 nitrogen and oxygen atoms in total. The van der Waals surface area contributed by atoms with Crippen molar-refractivity contribution in [3.05, 3.63) is 0 Å². The van der Waals surface area contributed by atoms with Crippen LogP contribution in [0.3, 0.4) is 0 Å². The van der Waals surface area contributed by atoms with Crippen LogP contribution in [0.15, 0.2) is 0 Å². The quantitative estimate of drug-likeness (QED) is 0.585. The molecule has 0 aromatic rings. The summed E-state index contributed by atoms with van der Waals surface area (Å²) in [7, 11) is -1.84. The molecule has 0 heterocycles. The number of hydrogen-bond acceptors (Lipinski definition) is 4. The molecular formula is C7H17NO4S. The van der Waals surface area contributed by atoms with Crippen LogP contribution < -0.4 is 4.72 Å². The van der Waals surface area contributed by atoms with Gasteiger partial charge in [-0.1, -0.05) is 6.92 Å². The molecule has 0 amide bonds. The predicted molar refractivity (Wildman–Crippen MR) is 50.0 cm³/mol. The molecular weight excluding hydrogens is 194 g/mol. The maximum absolute atomic E-state index is 11.1. The first kappa shape index (κ1) is 12.8. The molecule has 80 valence electrons. The van der Waals surface area contributed by atoms with Crippen molar-refractivity contribution >= 4 is 10.0 Å². The van der Waals surface area contributed by atoms with Gasteiger partial charge in [0.15, 0.2) is 0 Å². The zero-order valence-corrected chi connectivity index (χ0v) is 8.80. The number of sulfonamides is 1. The summed E-state index contributed by atoms with van der Waals surface area (Å²) in [6, 6.07) is 0. The number of hydrogen-bond donors (Lipinski definition) is 2. The molecule has 0 aliphatic heterocycles. The van der Waals surface area contributed by atoms with Crippen molar-refractivity contribution in [1.82, 2.24) is 4.72 Å². The van der Waals surface area contributed by atoms with E-state index in [1.165, 1.54) is 7.11 Å². The second kappa shape index (κ2) is 6.31. The molecule has 6 heteroatoms. The summed E-state index contributed by atoms with van der Waals surface area (Å²) in [5.41, 5.74) is 0. The lowest BCUT2D eigenvalue weighted by Crippen LogP contribution is -2.34. The van der Waals surface area contributed by atoms with E-state index in [0.29, 0.717) is 6.42 Å². The van der Waals surface area contributed by atoms with E-state index in [4.69, 9.17) is 5.11 Å². The van der Waals surface area contributed by atoms with Crippen molar-refractivity contribution in [3.8, 4) is 0 Å². The summed E-state index contributed by atoms with van der Waals surface area (Å²) in [6.45, 7) is 2.02. The van der Waals surface area contributed by atoms with Crippen LogP contribution in [0, 0.1) is 0 Å². The third-order valence-electron chi connectivity index (χ3n) is 1.57. The van der Waals surface area contributed by atoms with Crippen molar-refractivity contribution in [2.45, 2.75) is 19.4 Å². The first-order chi connectivity index (χ1) is 6.02. The van der Waals surface area contributed by atoms with E-state index in [0.717, 1.165) is 0 Å². The Labute approximate surface area is 79.1 Å². The van der Waals surface area contributed by atoms with Gasteiger partial charge in [0.1, 0.15) is 0 Å². The van der Waals surface area contributed by atoms with Crippen molar-refractivity contribution in [3.63, 3.8) is 0 Å². The fourth-order valence-corrected chi connectivity index (χ4v) is 1.61. The second-order valence-corrected chi connectivity index (χ2v) is 4.65. The van der Waals surface area contributed by atoms with Crippen molar-refractivity contribution in [2.75, 3.05) is 26.0 Å². The summed E-state index contributed by atoms with van der Waals surface area (Å²) in [6.07, 6.45) is -0.0791. The third-order valence-corrected chi connectivity index (χ3v) is 2.88. The number of methoxy groups -OCH3 is 1. The molecule has 0 aromatic carbocycles. The fraction of sp³-hybridized carbons (Fsp3) is 1.00. The zero-order chi connectivity index (χ0) is 10.3. The van der Waals surface area contributed by atoms with E-state index in [2.05, 4.69) is 9.46 Å². The molecule has 0 aliphatic rings. The van der Waals surface area contributed by atoms with Crippen LogP contribution in [0.25, 0.3) is 0 Å². The highest BCUT2D eigenvalue weighted by Gasteiger charge is 2.11. The van der Waals surface area contributed by atoms with Crippen LogP contribution in [0.5, 0.6) is 0 Å². The van der Waals surface area contributed by atoms with E-state index < -0.39 is 16.1 Å². The summed E-state index contributed by atoms with van der Waals surface area (Å²) >= 11 is 0. The fourth-order valence-electron chi connectivity index (χ4n) is 0.633. The zero-order valence-electron chi connectivity index (χ0n) is 7.99. The molecule has 1 unspecified atom stereocenters. The van der Waals surface area contributed by atoms with E-state index in [1.807, 2.05) is 0 Å². The van der Waals surface area contributed by atoms with Gasteiger partial charge >= 0.3 is 0 Å². The van der Waals surface area contributed by atoms with Crippen LogP contribution in [-0.4, -0.2) is 45.6 Å². The Bertz CT molecular complexity index is 215. The highest BCUT2D eigenvalue weighted by Crippen LogP contribution is 1.90. The van der Waals surface area contributed by atoms with Crippen LogP contribution >= 0.6 is 0 Å². The Balaban J connectivity index is 3.76. The maximum Gasteiger partial charge on any atom is 0.213 e. The first-order valence-electron chi connectivity index (χ1n) is 4.16. The summed E-state index contributed by atoms with van der Waals surface area (Å²) in [5.74, 6) is -0.0695. The third kappa shape index (κ3) is 6.94. The molecule has 0 saturated carbocycles. The summed E-state index contributed by atoms with van der Waals surface area (Å²) in [4.78, 5) is 0. The molecule has 1 atom stereocenters. The molecule has 0 spiro atoms. The summed E-state index contributed by atoms with van der Waals surface area (Å²) < 4.78 is 29.1. The number of nitrogens with one attached hydrogen (secondary N) is 1. The van der Waals surface area contributed by atoms with Crippen molar-refractivity contribution in [2.24, 2.45) is 0 Å². The average molecular weight is 211 g/mol. The van der Waals surface area contributed by atoms with Gasteiger partial charge in [-0.25, -0.2) is 13.1 Å². The Morgan fingerprint density at radius 2 is 2.15 bits per heavy atom. The van der Waals surface area contributed by atoms with Gasteiger partial charge in [0.05, 0.1) is 18.5 Å². The number of aliphatic hydroxyl groups excluding tert-OH is 1. The van der Waals surface area contributed by atoms with Gasteiger partial charge in [-0.05, 0) is 6.42 Å². The smallest absolute Gasteiger partial charge is 0.213 e. The van der Waals surface area contributed by atoms with Crippen LogP contribution in [0.2, 0.25) is 0 Å². The Hall–Kier alpha value is -0.170. The highest BCUT2D eigenvalue weighted by molar-refractivity contribution is 7.89. The number of aliphatic hydroxyl groups is 1. The number of rotatable bonds is 7. The Morgan fingerprint density at radius 3 is 2.62 bits per heavy atom. The van der Waals surface area contributed by atoms with E-state index in [1.54, 1.807) is 6.92 Å². The molecule has 0 radical (unpaired) electrons. The molecule has 2 N–H and O–H groups in total. The average Bonchev–Trinajstić information content (AvgIpc) is 2.11. The van der Waals surface area contributed by atoms with Crippen molar-refractivity contribution in [1.29, 1.82) is 0 Å². The molecule has 0 fully saturated rings. The normalized spacial score (nSPS) is 14.4. The molecule has 13 heavy (non-hydrogen) atoms. The standard InChI is InChI=1S/C7H17NO4S/c1-3-7(9)6-8-13(10,11)5-4-12-2/h7-9H,3-6H2,1-2H3. The van der Waals surface area contributed by atoms with Gasteiger partial charge in [-0.2, -0.15) is 0 Å². The molecule has 0 aromatic heterocycles. The first-order valence-corrected chi connectivity index (χ1v) is 5.81. The number of ether oxygens (including phenoxy) is 1. The largest absolute Gasteiger partial charge is 0.392 e. The Kier molecular flexibility index (Phi) is 6.23. The lowest BCUT2D eigenvalue weighted by Gasteiger charge is -2.09. The van der Waals surface area contributed by atoms with Gasteiger partial charge in [0, 0.05) is 13.7 Å². The maximum atomic E-state index is 11.1. The van der Waals surface area contributed by atoms with Gasteiger partial charge in [-0.15, -0.1) is 0 Å². The van der Waals surface area contributed by atoms with E-state index in [-0.39, 0.29) is 18.9 Å². The van der Waals surface area contributed by atoms with Crippen LogP contribution in [0.4, 0.5) is 0 Å². The second-order valence-electron chi connectivity index (χ2n) is 2.72. The highest BCUT2D eigenvalue weighted by atomic mass is 32.2. The van der Waals surface area contributed by atoms with E-state index >= 15 is 0 Å². The van der Waals surface area contributed by atoms with Gasteiger partial charge < -0.3 is 9.84 Å². The lowest BCUT2D eigenvalue weighted by atomic mass is 10.3. The van der Waals surface area contributed by atoms with Crippen LogP contribution in [0.1, 0.15) is 13.3 Å². The monoisotopic (exact) mass is 211 g/mol. The molecule has 0 rings (SSSR count). The SMILES string of the molecule is CCC(O)CNS(=O)(=O)CCOC. The molecule has 0 aliphatic carbocycles. The Morgan fingerprint density at radius 1 is 1.54 bits per heavy atom. The minimum Gasteiger partial charge on any atom is -0.392 e. The summed E-state index contributed by atoms with van der Waals surface area (Å²) in [5, 5.41) is 9.09. The predicted octanol–water partition coefficient (Wildman–Crippen LogP) is -0.677. The minimum atomic E-state index is -3.28. The van der Waals surface area contributed by atoms with Gasteiger partial charge in [0.2, 0.25) is 10.0 Å². The topological polar surface area (TPSA) is 75.6 Å². The van der Waals surface area contributed by atoms with E-state index in [9.17, 15) is 8.42 Å². The lowest BCUT2D eigenvalue weighted by molar-refractivity contribution is 0.174. The molecule has 0 saturated heterocycles. The van der Waals surface area contributed by atoms with Crippen molar-refractivity contribution < 1.29 is 18.3 Å².